The average molecular weight is 318 g/mol. The summed E-state index contributed by atoms with van der Waals surface area (Å²) >= 11 is 3.52. The van der Waals surface area contributed by atoms with Crippen molar-refractivity contribution in [2.75, 3.05) is 6.54 Å². The minimum absolute atomic E-state index is 0.384. The Labute approximate surface area is 124 Å². The molecule has 0 fully saturated rings. The van der Waals surface area contributed by atoms with Crippen LogP contribution in [0, 0.1) is 13.8 Å². The Morgan fingerprint density at radius 3 is 2.53 bits per heavy atom. The molecule has 2 aromatic rings. The number of rotatable bonds is 4. The van der Waals surface area contributed by atoms with Crippen molar-refractivity contribution in [3.05, 3.63) is 69.2 Å². The van der Waals surface area contributed by atoms with E-state index in [0.717, 1.165) is 10.9 Å². The van der Waals surface area contributed by atoms with E-state index in [9.17, 15) is 0 Å². The van der Waals surface area contributed by atoms with E-state index in [1.807, 2.05) is 0 Å². The number of benzene rings is 2. The lowest BCUT2D eigenvalue weighted by Gasteiger charge is -2.18. The summed E-state index contributed by atoms with van der Waals surface area (Å²) in [5, 5.41) is 0. The maximum atomic E-state index is 5.99. The number of hydrogen-bond donors (Lipinski definition) is 1. The number of nitrogens with two attached hydrogens (primary N) is 1. The van der Waals surface area contributed by atoms with Crippen molar-refractivity contribution in [3.8, 4) is 0 Å². The van der Waals surface area contributed by atoms with Crippen LogP contribution in [0.4, 0.5) is 0 Å². The van der Waals surface area contributed by atoms with Crippen LogP contribution in [0.1, 0.15) is 28.2 Å². The standard InChI is InChI=1S/C17H20BrN/c1-12-6-7-17(13(2)8-12)15(11-19)9-14-4-3-5-16(18)10-14/h3-8,10,15H,9,11,19H2,1-2H3. The zero-order valence-corrected chi connectivity index (χ0v) is 13.1. The second-order valence-electron chi connectivity index (χ2n) is 5.13. The Kier molecular flexibility index (Phi) is 4.78. The maximum Gasteiger partial charge on any atom is 0.0177 e. The quantitative estimate of drug-likeness (QED) is 0.891. The average Bonchev–Trinajstić information content (AvgIpc) is 2.37. The molecule has 0 aliphatic carbocycles. The maximum absolute atomic E-state index is 5.99. The molecule has 0 saturated heterocycles. The molecule has 2 rings (SSSR count). The summed E-state index contributed by atoms with van der Waals surface area (Å²) in [6, 6.07) is 15.1. The van der Waals surface area contributed by atoms with Crippen molar-refractivity contribution >= 4 is 15.9 Å². The zero-order chi connectivity index (χ0) is 13.8. The van der Waals surface area contributed by atoms with Gasteiger partial charge in [-0.3, -0.25) is 0 Å². The molecule has 2 N–H and O–H groups in total. The van der Waals surface area contributed by atoms with E-state index in [0.29, 0.717) is 12.5 Å². The molecule has 0 heterocycles. The summed E-state index contributed by atoms with van der Waals surface area (Å²) in [6.45, 7) is 4.98. The van der Waals surface area contributed by atoms with Crippen molar-refractivity contribution in [2.45, 2.75) is 26.2 Å². The summed E-state index contributed by atoms with van der Waals surface area (Å²) < 4.78 is 1.13. The predicted octanol–water partition coefficient (Wildman–Crippen LogP) is 4.35. The van der Waals surface area contributed by atoms with Gasteiger partial charge in [-0.25, -0.2) is 0 Å². The minimum atomic E-state index is 0.384. The molecule has 0 aliphatic rings. The molecule has 1 atom stereocenters. The summed E-state index contributed by atoms with van der Waals surface area (Å²) in [5.41, 5.74) is 11.3. The van der Waals surface area contributed by atoms with E-state index >= 15 is 0 Å². The molecule has 19 heavy (non-hydrogen) atoms. The van der Waals surface area contributed by atoms with Crippen molar-refractivity contribution in [1.82, 2.24) is 0 Å². The van der Waals surface area contributed by atoms with Gasteiger partial charge in [-0.05, 0) is 55.6 Å². The van der Waals surface area contributed by atoms with Crippen LogP contribution < -0.4 is 5.73 Å². The topological polar surface area (TPSA) is 26.0 Å². The fourth-order valence-corrected chi connectivity index (χ4v) is 3.00. The summed E-state index contributed by atoms with van der Waals surface area (Å²) in [6.07, 6.45) is 0.986. The smallest absolute Gasteiger partial charge is 0.0177 e. The van der Waals surface area contributed by atoms with E-state index < -0.39 is 0 Å². The van der Waals surface area contributed by atoms with Gasteiger partial charge >= 0.3 is 0 Å². The molecule has 0 saturated carbocycles. The van der Waals surface area contributed by atoms with E-state index in [1.165, 1.54) is 22.3 Å². The summed E-state index contributed by atoms with van der Waals surface area (Å²) in [5.74, 6) is 0.384. The van der Waals surface area contributed by atoms with Crippen LogP contribution in [0.25, 0.3) is 0 Å². The highest BCUT2D eigenvalue weighted by Gasteiger charge is 2.13. The lowest BCUT2D eigenvalue weighted by atomic mass is 9.88. The molecule has 2 aromatic carbocycles. The highest BCUT2D eigenvalue weighted by Crippen LogP contribution is 2.25. The van der Waals surface area contributed by atoms with E-state index in [-0.39, 0.29) is 0 Å². The highest BCUT2D eigenvalue weighted by atomic mass is 79.9. The highest BCUT2D eigenvalue weighted by molar-refractivity contribution is 9.10. The number of halogens is 1. The molecular formula is C17H20BrN. The molecule has 0 aromatic heterocycles. The van der Waals surface area contributed by atoms with E-state index in [2.05, 4.69) is 72.2 Å². The Hall–Kier alpha value is -1.12. The van der Waals surface area contributed by atoms with Crippen LogP contribution >= 0.6 is 15.9 Å². The Morgan fingerprint density at radius 2 is 1.89 bits per heavy atom. The molecule has 2 heteroatoms. The largest absolute Gasteiger partial charge is 0.330 e. The third-order valence-corrected chi connectivity index (χ3v) is 4.01. The van der Waals surface area contributed by atoms with Gasteiger partial charge in [0.2, 0.25) is 0 Å². The molecule has 0 amide bonds. The SMILES string of the molecule is Cc1ccc(C(CN)Cc2cccc(Br)c2)c(C)c1. The third-order valence-electron chi connectivity index (χ3n) is 3.52. The van der Waals surface area contributed by atoms with E-state index in [4.69, 9.17) is 5.73 Å². The first-order valence-electron chi connectivity index (χ1n) is 6.62. The minimum Gasteiger partial charge on any atom is -0.330 e. The Bertz CT molecular complexity index is 563. The lowest BCUT2D eigenvalue weighted by molar-refractivity contribution is 0.689. The fourth-order valence-electron chi connectivity index (χ4n) is 2.55. The van der Waals surface area contributed by atoms with Gasteiger partial charge in [0.15, 0.2) is 0 Å². The first-order chi connectivity index (χ1) is 9.10. The second kappa shape index (κ2) is 6.36. The molecular weight excluding hydrogens is 298 g/mol. The first kappa shape index (κ1) is 14.3. The lowest BCUT2D eigenvalue weighted by Crippen LogP contribution is -2.16. The molecule has 100 valence electrons. The van der Waals surface area contributed by atoms with Crippen LogP contribution in [0.3, 0.4) is 0 Å². The van der Waals surface area contributed by atoms with Crippen molar-refractivity contribution in [1.29, 1.82) is 0 Å². The van der Waals surface area contributed by atoms with Crippen LogP contribution in [0.15, 0.2) is 46.9 Å². The van der Waals surface area contributed by atoms with Crippen LogP contribution in [-0.4, -0.2) is 6.54 Å². The van der Waals surface area contributed by atoms with Gasteiger partial charge in [0.25, 0.3) is 0 Å². The third kappa shape index (κ3) is 3.68. The van der Waals surface area contributed by atoms with Crippen LogP contribution in [0.5, 0.6) is 0 Å². The molecule has 0 radical (unpaired) electrons. The normalized spacial score (nSPS) is 12.4. The van der Waals surface area contributed by atoms with Gasteiger partial charge < -0.3 is 5.73 Å². The Balaban J connectivity index is 2.25. The Morgan fingerprint density at radius 1 is 1.11 bits per heavy atom. The monoisotopic (exact) mass is 317 g/mol. The number of hydrogen-bond acceptors (Lipinski definition) is 1. The van der Waals surface area contributed by atoms with Gasteiger partial charge in [-0.15, -0.1) is 0 Å². The van der Waals surface area contributed by atoms with Crippen molar-refractivity contribution in [2.24, 2.45) is 5.73 Å². The van der Waals surface area contributed by atoms with Gasteiger partial charge in [0, 0.05) is 10.4 Å². The number of aryl methyl sites for hydroxylation is 2. The fraction of sp³-hybridized carbons (Fsp3) is 0.294. The second-order valence-corrected chi connectivity index (χ2v) is 6.04. The van der Waals surface area contributed by atoms with E-state index in [1.54, 1.807) is 0 Å². The summed E-state index contributed by atoms with van der Waals surface area (Å²) in [7, 11) is 0. The van der Waals surface area contributed by atoms with Gasteiger partial charge in [-0.2, -0.15) is 0 Å². The van der Waals surface area contributed by atoms with Crippen LogP contribution in [-0.2, 0) is 6.42 Å². The van der Waals surface area contributed by atoms with Crippen molar-refractivity contribution < 1.29 is 0 Å². The molecule has 0 bridgehead atoms. The molecule has 0 aliphatic heterocycles. The van der Waals surface area contributed by atoms with Gasteiger partial charge in [0.1, 0.15) is 0 Å². The predicted molar refractivity (Wildman–Crippen MR) is 85.6 cm³/mol. The van der Waals surface area contributed by atoms with Gasteiger partial charge in [0.05, 0.1) is 0 Å². The zero-order valence-electron chi connectivity index (χ0n) is 11.5. The molecule has 0 spiro atoms. The molecule has 1 unspecified atom stereocenters. The van der Waals surface area contributed by atoms with Gasteiger partial charge in [-0.1, -0.05) is 51.8 Å². The van der Waals surface area contributed by atoms with Crippen LogP contribution in [0.2, 0.25) is 0 Å². The first-order valence-corrected chi connectivity index (χ1v) is 7.41. The van der Waals surface area contributed by atoms with Crippen molar-refractivity contribution in [3.63, 3.8) is 0 Å². The molecule has 1 nitrogen and oxygen atoms in total. The summed E-state index contributed by atoms with van der Waals surface area (Å²) in [4.78, 5) is 0.